The molecule has 0 saturated carbocycles. The number of nitrogens with zero attached hydrogens (tertiary/aromatic N) is 1. The van der Waals surface area contributed by atoms with Gasteiger partial charge in [0.1, 0.15) is 6.10 Å². The molecule has 1 aliphatic rings. The van der Waals surface area contributed by atoms with Gasteiger partial charge in [0.15, 0.2) is 0 Å². The van der Waals surface area contributed by atoms with Crippen LogP contribution in [0, 0.1) is 0 Å². The van der Waals surface area contributed by atoms with Gasteiger partial charge in [0.2, 0.25) is 5.91 Å². The molecule has 1 amide bonds. The highest BCUT2D eigenvalue weighted by Gasteiger charge is 2.34. The fourth-order valence-electron chi connectivity index (χ4n) is 2.85. The van der Waals surface area contributed by atoms with E-state index >= 15 is 0 Å². The maximum Gasteiger partial charge on any atom is 0.303 e. The Morgan fingerprint density at radius 1 is 1.20 bits per heavy atom. The van der Waals surface area contributed by atoms with Gasteiger partial charge in [-0.05, 0) is 24.8 Å². The van der Waals surface area contributed by atoms with Gasteiger partial charge in [0.25, 0.3) is 0 Å². The van der Waals surface area contributed by atoms with Gasteiger partial charge in [-0.2, -0.15) is 0 Å². The third-order valence-corrected chi connectivity index (χ3v) is 3.72. The van der Waals surface area contributed by atoms with Crippen LogP contribution in [0.15, 0.2) is 30.3 Å². The predicted molar refractivity (Wildman–Crippen MR) is 76.0 cm³/mol. The Balaban J connectivity index is 2.29. The molecule has 1 aromatic carbocycles. The Morgan fingerprint density at radius 2 is 1.90 bits per heavy atom. The third-order valence-electron chi connectivity index (χ3n) is 3.72. The van der Waals surface area contributed by atoms with Crippen LogP contribution in [0.3, 0.4) is 0 Å². The Morgan fingerprint density at radius 3 is 2.50 bits per heavy atom. The average Bonchev–Trinajstić information content (AvgIpc) is 2.45. The highest BCUT2D eigenvalue weighted by molar-refractivity contribution is 5.74. The zero-order valence-electron chi connectivity index (χ0n) is 12.0. The number of hydrogen-bond donors (Lipinski definition) is 0. The van der Waals surface area contributed by atoms with Crippen molar-refractivity contribution >= 4 is 11.9 Å². The fraction of sp³-hybridized carbons (Fsp3) is 0.500. The fourth-order valence-corrected chi connectivity index (χ4v) is 2.85. The van der Waals surface area contributed by atoms with E-state index in [4.69, 9.17) is 4.74 Å². The minimum Gasteiger partial charge on any atom is -0.455 e. The van der Waals surface area contributed by atoms with Crippen LogP contribution in [0.4, 0.5) is 0 Å². The summed E-state index contributed by atoms with van der Waals surface area (Å²) in [6, 6.07) is 9.60. The lowest BCUT2D eigenvalue weighted by Crippen LogP contribution is -2.46. The van der Waals surface area contributed by atoms with Crippen molar-refractivity contribution in [2.24, 2.45) is 0 Å². The van der Waals surface area contributed by atoms with Crippen LogP contribution >= 0.6 is 0 Å². The molecule has 0 N–H and O–H groups in total. The summed E-state index contributed by atoms with van der Waals surface area (Å²) in [4.78, 5) is 25.1. The topological polar surface area (TPSA) is 46.6 Å². The van der Waals surface area contributed by atoms with Crippen LogP contribution in [0.2, 0.25) is 0 Å². The molecule has 2 rings (SSSR count). The highest BCUT2D eigenvalue weighted by Crippen LogP contribution is 2.31. The van der Waals surface area contributed by atoms with Crippen molar-refractivity contribution in [1.82, 2.24) is 4.90 Å². The van der Waals surface area contributed by atoms with E-state index in [1.165, 1.54) is 6.92 Å². The summed E-state index contributed by atoms with van der Waals surface area (Å²) in [5, 5.41) is 0. The molecular weight excluding hydrogens is 254 g/mol. The lowest BCUT2D eigenvalue weighted by Gasteiger charge is -2.39. The zero-order chi connectivity index (χ0) is 14.5. The van der Waals surface area contributed by atoms with Gasteiger partial charge in [-0.3, -0.25) is 9.59 Å². The first-order chi connectivity index (χ1) is 9.59. The lowest BCUT2D eigenvalue weighted by molar-refractivity contribution is -0.155. The summed E-state index contributed by atoms with van der Waals surface area (Å²) in [5.74, 6) is -0.268. The summed E-state index contributed by atoms with van der Waals surface area (Å²) in [6.07, 6.45) is 2.56. The van der Waals surface area contributed by atoms with E-state index in [0.29, 0.717) is 0 Å². The van der Waals surface area contributed by atoms with Crippen molar-refractivity contribution in [2.45, 2.75) is 45.3 Å². The number of rotatable bonds is 3. The van der Waals surface area contributed by atoms with Crippen LogP contribution in [0.1, 0.15) is 44.8 Å². The van der Waals surface area contributed by atoms with Crippen LogP contribution in [0.5, 0.6) is 0 Å². The Kier molecular flexibility index (Phi) is 4.77. The Hall–Kier alpha value is -1.84. The number of piperidine rings is 1. The molecule has 0 aromatic heterocycles. The molecule has 1 aliphatic heterocycles. The monoisotopic (exact) mass is 275 g/mol. The van der Waals surface area contributed by atoms with Crippen molar-refractivity contribution in [3.63, 3.8) is 0 Å². The first-order valence-corrected chi connectivity index (χ1v) is 7.09. The number of likely N-dealkylation sites (tertiary alicyclic amines) is 1. The van der Waals surface area contributed by atoms with E-state index in [1.54, 1.807) is 6.92 Å². The van der Waals surface area contributed by atoms with E-state index in [0.717, 1.165) is 31.4 Å². The molecule has 4 heteroatoms. The van der Waals surface area contributed by atoms with Crippen LogP contribution in [-0.4, -0.2) is 29.4 Å². The number of ether oxygens (including phenoxy) is 1. The van der Waals surface area contributed by atoms with Crippen molar-refractivity contribution < 1.29 is 14.3 Å². The Bertz CT molecular complexity index is 472. The molecule has 4 nitrogen and oxygen atoms in total. The van der Waals surface area contributed by atoms with Crippen LogP contribution in [0.25, 0.3) is 0 Å². The summed E-state index contributed by atoms with van der Waals surface area (Å²) in [7, 11) is 0. The van der Waals surface area contributed by atoms with Gasteiger partial charge in [0, 0.05) is 20.4 Å². The number of benzene rings is 1. The SMILES string of the molecule is CC(=O)OC(c1ccccc1)C1CCCCN1C(C)=O. The molecule has 0 radical (unpaired) electrons. The van der Waals surface area contributed by atoms with Crippen LogP contribution in [-0.2, 0) is 14.3 Å². The summed E-state index contributed by atoms with van der Waals surface area (Å²) in [6.45, 7) is 3.73. The number of carbonyl (C=O) groups is 2. The number of esters is 1. The largest absolute Gasteiger partial charge is 0.455 e. The van der Waals surface area contributed by atoms with E-state index in [2.05, 4.69) is 0 Å². The van der Waals surface area contributed by atoms with Crippen molar-refractivity contribution in [1.29, 1.82) is 0 Å². The van der Waals surface area contributed by atoms with E-state index in [9.17, 15) is 9.59 Å². The minimum absolute atomic E-state index is 0.0442. The van der Waals surface area contributed by atoms with Gasteiger partial charge in [-0.15, -0.1) is 0 Å². The summed E-state index contributed by atoms with van der Waals surface area (Å²) < 4.78 is 5.52. The molecular formula is C16H21NO3. The number of amides is 1. The van der Waals surface area contributed by atoms with Crippen molar-refractivity contribution in [2.75, 3.05) is 6.54 Å². The molecule has 2 unspecified atom stereocenters. The first kappa shape index (κ1) is 14.6. The number of carbonyl (C=O) groups excluding carboxylic acids is 2. The van der Waals surface area contributed by atoms with Crippen molar-refractivity contribution in [3.05, 3.63) is 35.9 Å². The highest BCUT2D eigenvalue weighted by atomic mass is 16.5. The number of hydrogen-bond acceptors (Lipinski definition) is 3. The zero-order valence-corrected chi connectivity index (χ0v) is 12.0. The summed E-state index contributed by atoms with van der Waals surface area (Å²) in [5.41, 5.74) is 0.945. The second-order valence-corrected chi connectivity index (χ2v) is 5.22. The molecule has 1 heterocycles. The first-order valence-electron chi connectivity index (χ1n) is 7.09. The molecule has 1 aromatic rings. The standard InChI is InChI=1S/C16H21NO3/c1-12(18)17-11-7-6-10-15(17)16(20-13(2)19)14-8-4-3-5-9-14/h3-5,8-9,15-16H,6-7,10-11H2,1-2H3. The molecule has 108 valence electrons. The Labute approximate surface area is 119 Å². The molecule has 0 bridgehead atoms. The molecule has 1 fully saturated rings. The second-order valence-electron chi connectivity index (χ2n) is 5.22. The van der Waals surface area contributed by atoms with Gasteiger partial charge < -0.3 is 9.64 Å². The third kappa shape index (κ3) is 3.38. The summed E-state index contributed by atoms with van der Waals surface area (Å²) >= 11 is 0. The molecule has 20 heavy (non-hydrogen) atoms. The predicted octanol–water partition coefficient (Wildman–Crippen LogP) is 2.69. The average molecular weight is 275 g/mol. The van der Waals surface area contributed by atoms with Crippen molar-refractivity contribution in [3.8, 4) is 0 Å². The van der Waals surface area contributed by atoms with E-state index in [1.807, 2.05) is 35.2 Å². The van der Waals surface area contributed by atoms with Gasteiger partial charge >= 0.3 is 5.97 Å². The van der Waals surface area contributed by atoms with Gasteiger partial charge in [0.05, 0.1) is 6.04 Å². The molecule has 1 saturated heterocycles. The quantitative estimate of drug-likeness (QED) is 0.797. The molecule has 0 spiro atoms. The lowest BCUT2D eigenvalue weighted by atomic mass is 9.92. The maximum absolute atomic E-state index is 11.8. The van der Waals surface area contributed by atoms with Crippen LogP contribution < -0.4 is 0 Å². The van der Waals surface area contributed by atoms with E-state index in [-0.39, 0.29) is 24.0 Å². The second kappa shape index (κ2) is 6.55. The maximum atomic E-state index is 11.8. The van der Waals surface area contributed by atoms with Gasteiger partial charge in [-0.25, -0.2) is 0 Å². The molecule has 0 aliphatic carbocycles. The van der Waals surface area contributed by atoms with Gasteiger partial charge in [-0.1, -0.05) is 30.3 Å². The normalized spacial score (nSPS) is 20.3. The minimum atomic E-state index is -0.377. The molecule has 2 atom stereocenters. The smallest absolute Gasteiger partial charge is 0.303 e. The van der Waals surface area contributed by atoms with E-state index < -0.39 is 0 Å².